The molecule has 1 unspecified atom stereocenters. The molecule has 1 amide bonds. The van der Waals surface area contributed by atoms with Crippen molar-refractivity contribution in [1.29, 1.82) is 0 Å². The van der Waals surface area contributed by atoms with Gasteiger partial charge in [-0.2, -0.15) is 0 Å². The van der Waals surface area contributed by atoms with Gasteiger partial charge < -0.3 is 10.4 Å². The number of hydrogen-bond donors (Lipinski definition) is 2. The third-order valence-corrected chi connectivity index (χ3v) is 3.40. The van der Waals surface area contributed by atoms with E-state index in [0.717, 1.165) is 0 Å². The zero-order chi connectivity index (χ0) is 14.5. The number of carbonyl (C=O) groups is 2. The first-order valence-electron chi connectivity index (χ1n) is 6.11. The zero-order valence-electron chi connectivity index (χ0n) is 11.4. The molecule has 0 radical (unpaired) electrons. The number of amides is 1. The van der Waals surface area contributed by atoms with Crippen LogP contribution in [-0.2, 0) is 16.1 Å². The Bertz CT molecular complexity index is 448. The smallest absolute Gasteiger partial charge is 0.310 e. The normalized spacial score (nSPS) is 13.9. The van der Waals surface area contributed by atoms with Gasteiger partial charge in [0.25, 0.3) is 0 Å². The Morgan fingerprint density at radius 3 is 2.63 bits per heavy atom. The maximum absolute atomic E-state index is 11.8. The lowest BCUT2D eigenvalue weighted by Crippen LogP contribution is -2.39. The summed E-state index contributed by atoms with van der Waals surface area (Å²) < 4.78 is 0. The van der Waals surface area contributed by atoms with Crippen molar-refractivity contribution in [3.05, 3.63) is 24.3 Å². The summed E-state index contributed by atoms with van der Waals surface area (Å²) in [5, 5.41) is 11.9. The Kier molecular flexibility index (Phi) is 4.97. The molecule has 1 aromatic heterocycles. The van der Waals surface area contributed by atoms with Crippen LogP contribution in [0, 0.1) is 11.3 Å². The van der Waals surface area contributed by atoms with Crippen molar-refractivity contribution in [2.75, 3.05) is 0 Å². The van der Waals surface area contributed by atoms with E-state index in [0.29, 0.717) is 5.69 Å². The summed E-state index contributed by atoms with van der Waals surface area (Å²) in [4.78, 5) is 30.8. The van der Waals surface area contributed by atoms with Gasteiger partial charge in [0.1, 0.15) is 6.33 Å². The molecule has 0 fully saturated rings. The molecular weight excluding hydrogens is 246 g/mol. The van der Waals surface area contributed by atoms with E-state index in [9.17, 15) is 14.7 Å². The van der Waals surface area contributed by atoms with Crippen LogP contribution in [0.15, 0.2) is 18.6 Å². The molecule has 6 heteroatoms. The Balaban J connectivity index is 2.57. The van der Waals surface area contributed by atoms with Gasteiger partial charge in [0.05, 0.1) is 17.7 Å². The summed E-state index contributed by atoms with van der Waals surface area (Å²) in [6.07, 6.45) is 2.94. The van der Waals surface area contributed by atoms with Gasteiger partial charge in [0.2, 0.25) is 5.91 Å². The van der Waals surface area contributed by atoms with Crippen molar-refractivity contribution >= 4 is 11.9 Å². The minimum Gasteiger partial charge on any atom is -0.481 e. The first kappa shape index (κ1) is 15.1. The number of carboxylic acid groups (broad SMARTS) is 1. The molecule has 0 aliphatic heterocycles. The van der Waals surface area contributed by atoms with Crippen LogP contribution < -0.4 is 5.32 Å². The maximum atomic E-state index is 11.8. The van der Waals surface area contributed by atoms with E-state index in [2.05, 4.69) is 15.3 Å². The molecule has 0 aromatic carbocycles. The van der Waals surface area contributed by atoms with Crippen LogP contribution >= 0.6 is 0 Å². The van der Waals surface area contributed by atoms with Gasteiger partial charge in [-0.25, -0.2) is 9.97 Å². The highest BCUT2D eigenvalue weighted by Gasteiger charge is 2.38. The van der Waals surface area contributed by atoms with Gasteiger partial charge in [-0.05, 0) is 18.9 Å². The quantitative estimate of drug-likeness (QED) is 0.807. The van der Waals surface area contributed by atoms with Crippen molar-refractivity contribution in [2.45, 2.75) is 33.7 Å². The molecule has 6 nitrogen and oxygen atoms in total. The summed E-state index contributed by atoms with van der Waals surface area (Å²) in [6, 6.07) is 1.69. The molecule has 19 heavy (non-hydrogen) atoms. The number of nitrogens with one attached hydrogen (secondary N) is 1. The summed E-state index contributed by atoms with van der Waals surface area (Å²) in [7, 11) is 0. The predicted molar refractivity (Wildman–Crippen MR) is 69.1 cm³/mol. The lowest BCUT2D eigenvalue weighted by atomic mass is 9.76. The number of carboxylic acids is 1. The highest BCUT2D eigenvalue weighted by Crippen LogP contribution is 2.31. The number of carbonyl (C=O) groups excluding carboxylic acids is 1. The van der Waals surface area contributed by atoms with Gasteiger partial charge in [0.15, 0.2) is 0 Å². The van der Waals surface area contributed by atoms with Gasteiger partial charge in [-0.1, -0.05) is 13.8 Å². The fourth-order valence-corrected chi connectivity index (χ4v) is 1.53. The summed E-state index contributed by atoms with van der Waals surface area (Å²) in [5.74, 6) is -1.38. The average Bonchev–Trinajstić information content (AvgIpc) is 2.37. The Labute approximate surface area is 112 Å². The molecule has 0 bridgehead atoms. The van der Waals surface area contributed by atoms with Crippen molar-refractivity contribution in [3.63, 3.8) is 0 Å². The molecule has 1 rings (SSSR count). The largest absolute Gasteiger partial charge is 0.481 e. The molecule has 1 atom stereocenters. The lowest BCUT2D eigenvalue weighted by molar-refractivity contribution is -0.153. The SMILES string of the molecule is CC(C)C(C)(CC(=O)NCc1ccncn1)C(=O)O. The summed E-state index contributed by atoms with van der Waals surface area (Å²) in [6.45, 7) is 5.46. The van der Waals surface area contributed by atoms with Crippen molar-refractivity contribution in [3.8, 4) is 0 Å². The van der Waals surface area contributed by atoms with Crippen LogP contribution in [0.4, 0.5) is 0 Å². The van der Waals surface area contributed by atoms with Gasteiger partial charge in [-0.15, -0.1) is 0 Å². The van der Waals surface area contributed by atoms with Crippen LogP contribution in [0.5, 0.6) is 0 Å². The van der Waals surface area contributed by atoms with E-state index in [1.54, 1.807) is 33.0 Å². The topological polar surface area (TPSA) is 92.2 Å². The van der Waals surface area contributed by atoms with Gasteiger partial charge in [0, 0.05) is 12.6 Å². The predicted octanol–water partition coefficient (Wildman–Crippen LogP) is 1.23. The van der Waals surface area contributed by atoms with Crippen LogP contribution in [0.3, 0.4) is 0 Å². The standard InChI is InChI=1S/C13H19N3O3/c1-9(2)13(3,12(18)19)6-11(17)15-7-10-4-5-14-8-16-10/h4-5,8-9H,6-7H2,1-3H3,(H,15,17)(H,18,19). The molecule has 1 heterocycles. The average molecular weight is 265 g/mol. The fraction of sp³-hybridized carbons (Fsp3) is 0.538. The second-order valence-electron chi connectivity index (χ2n) is 5.03. The molecular formula is C13H19N3O3. The van der Waals surface area contributed by atoms with Crippen LogP contribution in [0.25, 0.3) is 0 Å². The maximum Gasteiger partial charge on any atom is 0.310 e. The van der Waals surface area contributed by atoms with E-state index in [1.165, 1.54) is 6.33 Å². The summed E-state index contributed by atoms with van der Waals surface area (Å²) >= 11 is 0. The van der Waals surface area contributed by atoms with Gasteiger partial charge >= 0.3 is 5.97 Å². The highest BCUT2D eigenvalue weighted by molar-refractivity contribution is 5.84. The second kappa shape index (κ2) is 6.26. The second-order valence-corrected chi connectivity index (χ2v) is 5.03. The number of hydrogen-bond acceptors (Lipinski definition) is 4. The Morgan fingerprint density at radius 1 is 1.47 bits per heavy atom. The van der Waals surface area contributed by atoms with Crippen molar-refractivity contribution in [2.24, 2.45) is 11.3 Å². The monoisotopic (exact) mass is 265 g/mol. The molecule has 0 saturated heterocycles. The van der Waals surface area contributed by atoms with Crippen LogP contribution in [-0.4, -0.2) is 27.0 Å². The summed E-state index contributed by atoms with van der Waals surface area (Å²) in [5.41, 5.74) is -0.375. The minimum atomic E-state index is -1.06. The molecule has 0 saturated carbocycles. The molecule has 0 aliphatic carbocycles. The van der Waals surface area contributed by atoms with Crippen molar-refractivity contribution in [1.82, 2.24) is 15.3 Å². The van der Waals surface area contributed by atoms with Crippen molar-refractivity contribution < 1.29 is 14.7 Å². The van der Waals surface area contributed by atoms with E-state index < -0.39 is 11.4 Å². The number of aromatic nitrogens is 2. The molecule has 0 spiro atoms. The van der Waals surface area contributed by atoms with E-state index in [-0.39, 0.29) is 24.8 Å². The lowest BCUT2D eigenvalue weighted by Gasteiger charge is -2.28. The first-order valence-corrected chi connectivity index (χ1v) is 6.11. The van der Waals surface area contributed by atoms with E-state index in [4.69, 9.17) is 0 Å². The molecule has 0 aliphatic rings. The van der Waals surface area contributed by atoms with Gasteiger partial charge in [-0.3, -0.25) is 9.59 Å². The third kappa shape index (κ3) is 4.01. The minimum absolute atomic E-state index is 0.0505. The first-order chi connectivity index (χ1) is 8.86. The number of nitrogens with zero attached hydrogens (tertiary/aromatic N) is 2. The molecule has 2 N–H and O–H groups in total. The Hall–Kier alpha value is -1.98. The number of aliphatic carboxylic acids is 1. The van der Waals surface area contributed by atoms with Crippen LogP contribution in [0.1, 0.15) is 32.9 Å². The highest BCUT2D eigenvalue weighted by atomic mass is 16.4. The molecule has 104 valence electrons. The van der Waals surface area contributed by atoms with E-state index >= 15 is 0 Å². The Morgan fingerprint density at radius 2 is 2.16 bits per heavy atom. The third-order valence-electron chi connectivity index (χ3n) is 3.40. The zero-order valence-corrected chi connectivity index (χ0v) is 11.4. The van der Waals surface area contributed by atoms with Crippen LogP contribution in [0.2, 0.25) is 0 Å². The fourth-order valence-electron chi connectivity index (χ4n) is 1.53. The molecule has 1 aromatic rings. The number of rotatable bonds is 6. The van der Waals surface area contributed by atoms with E-state index in [1.807, 2.05) is 0 Å².